The summed E-state index contributed by atoms with van der Waals surface area (Å²) in [5, 5.41) is 6.81. The van der Waals surface area contributed by atoms with Gasteiger partial charge in [-0.25, -0.2) is 0 Å². The van der Waals surface area contributed by atoms with Crippen molar-refractivity contribution in [1.82, 2.24) is 9.78 Å². The van der Waals surface area contributed by atoms with E-state index in [0.29, 0.717) is 23.5 Å². The van der Waals surface area contributed by atoms with Gasteiger partial charge in [-0.3, -0.25) is 19.2 Å². The minimum absolute atomic E-state index is 0.0965. The summed E-state index contributed by atoms with van der Waals surface area (Å²) < 4.78 is 42.9. The van der Waals surface area contributed by atoms with Crippen LogP contribution >= 0.6 is 0 Å². The maximum atomic E-state index is 12.9. The number of hydrogen-bond donors (Lipinski definition) is 1. The van der Waals surface area contributed by atoms with Crippen molar-refractivity contribution in [2.24, 2.45) is 13.0 Å². The van der Waals surface area contributed by atoms with Crippen LogP contribution in [0.3, 0.4) is 0 Å². The minimum Gasteiger partial charge on any atom is -0.406 e. The topological polar surface area (TPSA) is 76.5 Å². The summed E-state index contributed by atoms with van der Waals surface area (Å²) in [6.07, 6.45) is -2.87. The number of fused-ring (bicyclic) bond motifs is 1. The molecule has 0 saturated carbocycles. The number of carbonyl (C=O) groups is 2. The molecule has 0 fully saturated rings. The van der Waals surface area contributed by atoms with E-state index in [0.717, 1.165) is 6.07 Å². The molecule has 1 aliphatic heterocycles. The molecule has 2 aromatic rings. The number of ether oxygens (including phenoxy) is 1. The Morgan fingerprint density at radius 1 is 1.31 bits per heavy atom. The summed E-state index contributed by atoms with van der Waals surface area (Å²) in [6, 6.07) is 4.51. The van der Waals surface area contributed by atoms with Crippen LogP contribution in [0, 0.1) is 5.92 Å². The molecule has 1 atom stereocenters. The van der Waals surface area contributed by atoms with Gasteiger partial charge in [0.2, 0.25) is 11.8 Å². The second-order valence-electron chi connectivity index (χ2n) is 7.29. The summed E-state index contributed by atoms with van der Waals surface area (Å²) in [4.78, 5) is 27.0. The fraction of sp³-hybridized carbons (Fsp3) is 0.421. The van der Waals surface area contributed by atoms with Crippen LogP contribution in [0.5, 0.6) is 5.75 Å². The first kappa shape index (κ1) is 20.7. The van der Waals surface area contributed by atoms with Crippen LogP contribution < -0.4 is 15.0 Å². The zero-order chi connectivity index (χ0) is 21.3. The maximum Gasteiger partial charge on any atom is 0.573 e. The van der Waals surface area contributed by atoms with Gasteiger partial charge in [-0.2, -0.15) is 5.10 Å². The summed E-state index contributed by atoms with van der Waals surface area (Å²) in [5.41, 5.74) is 0.794. The first-order valence-electron chi connectivity index (χ1n) is 9.04. The highest BCUT2D eigenvalue weighted by Crippen LogP contribution is 2.36. The molecule has 2 heterocycles. The Morgan fingerprint density at radius 2 is 2.03 bits per heavy atom. The zero-order valence-corrected chi connectivity index (χ0v) is 16.2. The molecule has 0 saturated heterocycles. The Hall–Kier alpha value is -3.04. The molecule has 2 amide bonds. The number of hydrogen-bond acceptors (Lipinski definition) is 4. The van der Waals surface area contributed by atoms with Crippen molar-refractivity contribution in [3.63, 3.8) is 0 Å². The van der Waals surface area contributed by atoms with Gasteiger partial charge >= 0.3 is 6.36 Å². The number of carbonyl (C=O) groups excluding carboxylic acids is 2. The van der Waals surface area contributed by atoms with Crippen LogP contribution in [-0.2, 0) is 23.1 Å². The number of benzene rings is 1. The second kappa shape index (κ2) is 7.76. The normalized spacial score (nSPS) is 14.9. The van der Waals surface area contributed by atoms with Crippen LogP contribution in [0.25, 0.3) is 0 Å². The number of halogens is 3. The smallest absolute Gasteiger partial charge is 0.406 e. The molecule has 1 unspecified atom stereocenters. The van der Waals surface area contributed by atoms with E-state index in [1.165, 1.54) is 21.7 Å². The summed E-state index contributed by atoms with van der Waals surface area (Å²) >= 11 is 0. The quantitative estimate of drug-likeness (QED) is 0.793. The lowest BCUT2D eigenvalue weighted by molar-refractivity contribution is -0.274. The molecule has 0 bridgehead atoms. The predicted octanol–water partition coefficient (Wildman–Crippen LogP) is 3.26. The first-order valence-corrected chi connectivity index (χ1v) is 9.04. The highest BCUT2D eigenvalue weighted by Gasteiger charge is 2.38. The number of nitrogens with one attached hydrogen (secondary N) is 1. The first-order chi connectivity index (χ1) is 13.5. The van der Waals surface area contributed by atoms with Crippen molar-refractivity contribution in [1.29, 1.82) is 0 Å². The summed E-state index contributed by atoms with van der Waals surface area (Å²) in [7, 11) is 1.71. The van der Waals surface area contributed by atoms with E-state index in [2.05, 4.69) is 15.2 Å². The Kier molecular flexibility index (Phi) is 5.54. The largest absolute Gasteiger partial charge is 0.573 e. The van der Waals surface area contributed by atoms with Gasteiger partial charge in [0, 0.05) is 25.0 Å². The minimum atomic E-state index is -4.82. The molecule has 29 heavy (non-hydrogen) atoms. The van der Waals surface area contributed by atoms with Crippen LogP contribution in [0.2, 0.25) is 0 Å². The SMILES string of the molecule is CC(C)CC(C(=O)Nc1ccn(C)n1)N1C(=O)Cc2cc(OC(F)(F)F)ccc21. The van der Waals surface area contributed by atoms with E-state index < -0.39 is 24.1 Å². The third kappa shape index (κ3) is 4.87. The average molecular weight is 410 g/mol. The van der Waals surface area contributed by atoms with Crippen LogP contribution in [0.15, 0.2) is 30.5 Å². The number of anilines is 2. The summed E-state index contributed by atoms with van der Waals surface area (Å²) in [5.74, 6) is -0.712. The van der Waals surface area contributed by atoms with Gasteiger partial charge in [-0.15, -0.1) is 13.2 Å². The Morgan fingerprint density at radius 3 is 2.62 bits per heavy atom. The third-order valence-corrected chi connectivity index (χ3v) is 4.43. The van der Waals surface area contributed by atoms with Gasteiger partial charge in [0.1, 0.15) is 11.8 Å². The van der Waals surface area contributed by atoms with Crippen LogP contribution in [0.1, 0.15) is 25.8 Å². The standard InChI is InChI=1S/C19H21F3N4O3/c1-11(2)8-15(18(28)23-16-6-7-25(3)24-16)26-14-5-4-13(29-19(20,21)22)9-12(14)10-17(26)27/h4-7,9,11,15H,8,10H2,1-3H3,(H,23,24,28). The number of rotatable bonds is 6. The molecule has 10 heteroatoms. The number of amides is 2. The van der Waals surface area contributed by atoms with Gasteiger partial charge in [0.25, 0.3) is 0 Å². The molecule has 1 aromatic carbocycles. The van der Waals surface area contributed by atoms with Gasteiger partial charge in [-0.1, -0.05) is 13.8 Å². The molecular weight excluding hydrogens is 389 g/mol. The molecule has 1 aromatic heterocycles. The molecule has 3 rings (SSSR count). The summed E-state index contributed by atoms with van der Waals surface area (Å²) in [6.45, 7) is 3.84. The van der Waals surface area contributed by atoms with E-state index in [1.807, 2.05) is 13.8 Å². The van der Waals surface area contributed by atoms with Crippen LogP contribution in [-0.4, -0.2) is 34.0 Å². The van der Waals surface area contributed by atoms with Crippen molar-refractivity contribution >= 4 is 23.3 Å². The Bertz CT molecular complexity index is 924. The van der Waals surface area contributed by atoms with E-state index in [4.69, 9.17) is 0 Å². The molecule has 0 aliphatic carbocycles. The van der Waals surface area contributed by atoms with Gasteiger partial charge in [0.15, 0.2) is 5.82 Å². The number of aromatic nitrogens is 2. The van der Waals surface area contributed by atoms with Gasteiger partial charge in [0.05, 0.1) is 6.42 Å². The number of alkyl halides is 3. The Balaban J connectivity index is 1.88. The van der Waals surface area contributed by atoms with Crippen molar-refractivity contribution < 1.29 is 27.5 Å². The molecule has 1 aliphatic rings. The van der Waals surface area contributed by atoms with E-state index >= 15 is 0 Å². The van der Waals surface area contributed by atoms with Crippen molar-refractivity contribution in [3.8, 4) is 5.75 Å². The molecular formula is C19H21F3N4O3. The number of nitrogens with zero attached hydrogens (tertiary/aromatic N) is 3. The maximum absolute atomic E-state index is 12.9. The molecule has 7 nitrogen and oxygen atoms in total. The van der Waals surface area contributed by atoms with Crippen molar-refractivity contribution in [2.45, 2.75) is 39.1 Å². The predicted molar refractivity (Wildman–Crippen MR) is 99.4 cm³/mol. The van der Waals surface area contributed by atoms with Crippen LogP contribution in [0.4, 0.5) is 24.7 Å². The van der Waals surface area contributed by atoms with E-state index in [9.17, 15) is 22.8 Å². The monoisotopic (exact) mass is 410 g/mol. The highest BCUT2D eigenvalue weighted by molar-refractivity contribution is 6.09. The second-order valence-corrected chi connectivity index (χ2v) is 7.29. The average Bonchev–Trinajstić information content (AvgIpc) is 3.12. The molecule has 0 spiro atoms. The lowest BCUT2D eigenvalue weighted by Crippen LogP contribution is -2.46. The third-order valence-electron chi connectivity index (χ3n) is 4.43. The molecule has 156 valence electrons. The van der Waals surface area contributed by atoms with Gasteiger partial charge < -0.3 is 10.1 Å². The Labute approximate surface area is 165 Å². The van der Waals surface area contributed by atoms with E-state index in [-0.39, 0.29) is 18.2 Å². The fourth-order valence-electron chi connectivity index (χ4n) is 3.33. The lowest BCUT2D eigenvalue weighted by atomic mass is 10.0. The highest BCUT2D eigenvalue weighted by atomic mass is 19.4. The molecule has 0 radical (unpaired) electrons. The van der Waals surface area contributed by atoms with Gasteiger partial charge in [-0.05, 0) is 36.1 Å². The number of aryl methyl sites for hydroxylation is 1. The lowest BCUT2D eigenvalue weighted by Gasteiger charge is -2.29. The van der Waals surface area contributed by atoms with E-state index in [1.54, 1.807) is 19.3 Å². The van der Waals surface area contributed by atoms with Crippen molar-refractivity contribution in [2.75, 3.05) is 10.2 Å². The van der Waals surface area contributed by atoms with Crippen molar-refractivity contribution in [3.05, 3.63) is 36.0 Å². The fourth-order valence-corrected chi connectivity index (χ4v) is 3.33. The molecule has 1 N–H and O–H groups in total. The zero-order valence-electron chi connectivity index (χ0n) is 16.2.